The summed E-state index contributed by atoms with van der Waals surface area (Å²) in [7, 11) is 0. The lowest BCUT2D eigenvalue weighted by Crippen LogP contribution is -2.29. The average Bonchev–Trinajstić information content (AvgIpc) is 3.10. The highest BCUT2D eigenvalue weighted by atomic mass is 79.9. The summed E-state index contributed by atoms with van der Waals surface area (Å²) in [5.74, 6) is -0.0958. The van der Waals surface area contributed by atoms with E-state index in [1.54, 1.807) is 35.2 Å². The van der Waals surface area contributed by atoms with Crippen LogP contribution in [0.2, 0.25) is 0 Å². The predicted molar refractivity (Wildman–Crippen MR) is 134 cm³/mol. The molecule has 1 unspecified atom stereocenters. The van der Waals surface area contributed by atoms with Gasteiger partial charge in [0.2, 0.25) is 5.76 Å². The second kappa shape index (κ2) is 8.33. The van der Waals surface area contributed by atoms with Gasteiger partial charge >= 0.3 is 0 Å². The maximum atomic E-state index is 13.7. The second-order valence-electron chi connectivity index (χ2n) is 8.32. The summed E-state index contributed by atoms with van der Waals surface area (Å²) in [6.45, 7) is 6.16. The lowest BCUT2D eigenvalue weighted by Gasteiger charge is -2.26. The predicted octanol–water partition coefficient (Wildman–Crippen LogP) is 6.03. The number of aromatic hydroxyl groups is 1. The zero-order valence-electron chi connectivity index (χ0n) is 18.9. The van der Waals surface area contributed by atoms with Gasteiger partial charge in [-0.05, 0) is 79.9 Å². The summed E-state index contributed by atoms with van der Waals surface area (Å²) in [4.78, 5) is 29.0. The Morgan fingerprint density at radius 3 is 2.56 bits per heavy atom. The van der Waals surface area contributed by atoms with E-state index in [0.717, 1.165) is 15.6 Å². The van der Waals surface area contributed by atoms with Gasteiger partial charge in [0.05, 0.1) is 23.6 Å². The number of phenolic OH excluding ortho intramolecular Hbond substituents is 1. The molecule has 0 spiro atoms. The van der Waals surface area contributed by atoms with E-state index in [2.05, 4.69) is 15.9 Å². The Bertz CT molecular complexity index is 1520. The van der Waals surface area contributed by atoms with Crippen LogP contribution in [-0.2, 0) is 0 Å². The number of phenols is 1. The average molecular weight is 520 g/mol. The number of halogens is 1. The maximum absolute atomic E-state index is 13.7. The smallest absolute Gasteiger partial charge is 0.295 e. The number of rotatable bonds is 4. The monoisotopic (exact) mass is 519 g/mol. The van der Waals surface area contributed by atoms with E-state index in [1.165, 1.54) is 6.07 Å². The molecule has 0 bridgehead atoms. The first-order chi connectivity index (χ1) is 16.3. The molecule has 3 aromatic carbocycles. The molecule has 1 aliphatic heterocycles. The van der Waals surface area contributed by atoms with Crippen LogP contribution < -0.4 is 15.1 Å². The van der Waals surface area contributed by atoms with Crippen LogP contribution in [0, 0.1) is 13.8 Å². The van der Waals surface area contributed by atoms with E-state index in [0.29, 0.717) is 28.8 Å². The first-order valence-electron chi connectivity index (χ1n) is 10.9. The highest BCUT2D eigenvalue weighted by Gasteiger charge is 2.44. The number of hydrogen-bond donors (Lipinski definition) is 1. The van der Waals surface area contributed by atoms with Crippen molar-refractivity contribution in [1.29, 1.82) is 0 Å². The Morgan fingerprint density at radius 1 is 1.03 bits per heavy atom. The van der Waals surface area contributed by atoms with Crippen molar-refractivity contribution >= 4 is 38.5 Å². The molecule has 0 fully saturated rings. The molecule has 1 aromatic heterocycles. The van der Waals surface area contributed by atoms with Crippen molar-refractivity contribution in [1.82, 2.24) is 0 Å². The number of fused-ring (bicyclic) bond motifs is 2. The fraction of sp³-hybridized carbons (Fsp3) is 0.185. The van der Waals surface area contributed by atoms with Crippen molar-refractivity contribution in [3.8, 4) is 11.5 Å². The summed E-state index contributed by atoms with van der Waals surface area (Å²) in [6.07, 6.45) is 0. The van der Waals surface area contributed by atoms with Crippen LogP contribution in [0.25, 0.3) is 11.0 Å². The van der Waals surface area contributed by atoms with Crippen molar-refractivity contribution in [3.05, 3.63) is 97.3 Å². The van der Waals surface area contributed by atoms with Crippen molar-refractivity contribution in [2.45, 2.75) is 26.8 Å². The molecule has 1 amide bonds. The van der Waals surface area contributed by atoms with Crippen LogP contribution >= 0.6 is 15.9 Å². The standard InChI is InChI=1S/C27H22BrNO5/c1-4-33-22-12-16(6-9-20(22)30)24-23-25(31)19-13-17(28)7-10-21(19)34-26(23)27(32)29(24)18-8-5-14(2)15(3)11-18/h5-13,24,30H,4H2,1-3H3. The molecular weight excluding hydrogens is 498 g/mol. The molecule has 7 heteroatoms. The molecule has 4 aromatic rings. The second-order valence-corrected chi connectivity index (χ2v) is 9.24. The van der Waals surface area contributed by atoms with Crippen LogP contribution in [-0.4, -0.2) is 17.6 Å². The molecule has 0 saturated heterocycles. The van der Waals surface area contributed by atoms with Crippen LogP contribution in [0.4, 0.5) is 5.69 Å². The quantitative estimate of drug-likeness (QED) is 0.356. The van der Waals surface area contributed by atoms with Crippen molar-refractivity contribution < 1.29 is 19.1 Å². The topological polar surface area (TPSA) is 80.0 Å². The number of benzene rings is 3. The summed E-state index contributed by atoms with van der Waals surface area (Å²) in [6, 6.07) is 15.0. The van der Waals surface area contributed by atoms with Crippen LogP contribution in [0.1, 0.15) is 45.8 Å². The summed E-state index contributed by atoms with van der Waals surface area (Å²) in [5, 5.41) is 10.6. The number of carbonyl (C=O) groups excluding carboxylic acids is 1. The Labute approximate surface area is 204 Å². The Morgan fingerprint density at radius 2 is 1.82 bits per heavy atom. The van der Waals surface area contributed by atoms with Gasteiger partial charge in [0, 0.05) is 10.2 Å². The molecule has 1 N–H and O–H groups in total. The largest absolute Gasteiger partial charge is 0.504 e. The fourth-order valence-corrected chi connectivity index (χ4v) is 4.74. The third-order valence-electron chi connectivity index (χ3n) is 6.20. The zero-order chi connectivity index (χ0) is 24.1. The minimum absolute atomic E-state index is 0.0117. The molecule has 0 radical (unpaired) electrons. The lowest BCUT2D eigenvalue weighted by molar-refractivity contribution is 0.0971. The van der Waals surface area contributed by atoms with E-state index in [4.69, 9.17) is 9.15 Å². The van der Waals surface area contributed by atoms with Crippen molar-refractivity contribution in [3.63, 3.8) is 0 Å². The molecule has 6 nitrogen and oxygen atoms in total. The molecular formula is C27H22BrNO5. The van der Waals surface area contributed by atoms with E-state index in [1.807, 2.05) is 39.0 Å². The third-order valence-corrected chi connectivity index (χ3v) is 6.69. The van der Waals surface area contributed by atoms with Crippen LogP contribution in [0.15, 0.2) is 68.3 Å². The highest BCUT2D eigenvalue weighted by Crippen LogP contribution is 2.43. The van der Waals surface area contributed by atoms with E-state index >= 15 is 0 Å². The highest BCUT2D eigenvalue weighted by molar-refractivity contribution is 9.10. The van der Waals surface area contributed by atoms with E-state index in [-0.39, 0.29) is 28.3 Å². The summed E-state index contributed by atoms with van der Waals surface area (Å²) < 4.78 is 12.3. The molecule has 1 atom stereocenters. The van der Waals surface area contributed by atoms with Gasteiger partial charge < -0.3 is 14.3 Å². The Kier molecular flexibility index (Phi) is 5.44. The number of ether oxygens (including phenoxy) is 1. The van der Waals surface area contributed by atoms with Crippen molar-refractivity contribution in [2.75, 3.05) is 11.5 Å². The Hall–Kier alpha value is -3.58. The molecule has 34 heavy (non-hydrogen) atoms. The fourth-order valence-electron chi connectivity index (χ4n) is 4.37. The minimum Gasteiger partial charge on any atom is -0.504 e. The zero-order valence-corrected chi connectivity index (χ0v) is 20.5. The van der Waals surface area contributed by atoms with Gasteiger partial charge in [-0.2, -0.15) is 0 Å². The first-order valence-corrected chi connectivity index (χ1v) is 11.7. The van der Waals surface area contributed by atoms with Gasteiger partial charge in [-0.25, -0.2) is 0 Å². The lowest BCUT2D eigenvalue weighted by atomic mass is 9.97. The Balaban J connectivity index is 1.81. The van der Waals surface area contributed by atoms with E-state index < -0.39 is 11.9 Å². The molecule has 5 rings (SSSR count). The number of aryl methyl sites for hydroxylation is 2. The van der Waals surface area contributed by atoms with Gasteiger partial charge in [0.25, 0.3) is 5.91 Å². The molecule has 172 valence electrons. The third kappa shape index (κ3) is 3.47. The van der Waals surface area contributed by atoms with Crippen molar-refractivity contribution in [2.24, 2.45) is 0 Å². The van der Waals surface area contributed by atoms with Crippen LogP contribution in [0.5, 0.6) is 11.5 Å². The number of carbonyl (C=O) groups is 1. The number of amides is 1. The molecule has 0 saturated carbocycles. The van der Waals surface area contributed by atoms with Gasteiger partial charge in [0.15, 0.2) is 16.9 Å². The normalized spacial score (nSPS) is 15.1. The summed E-state index contributed by atoms with van der Waals surface area (Å²) >= 11 is 3.41. The summed E-state index contributed by atoms with van der Waals surface area (Å²) in [5.41, 5.74) is 3.75. The number of nitrogens with zero attached hydrogens (tertiary/aromatic N) is 1. The molecule has 2 heterocycles. The minimum atomic E-state index is -0.746. The SMILES string of the molecule is CCOc1cc(C2c3c(oc4ccc(Br)cc4c3=O)C(=O)N2c2ccc(C)c(C)c2)ccc1O. The molecule has 1 aliphatic rings. The number of anilines is 1. The van der Waals surface area contributed by atoms with E-state index in [9.17, 15) is 14.7 Å². The van der Waals surface area contributed by atoms with Gasteiger partial charge in [-0.15, -0.1) is 0 Å². The van der Waals surface area contributed by atoms with Gasteiger partial charge in [-0.1, -0.05) is 28.1 Å². The first kappa shape index (κ1) is 22.2. The van der Waals surface area contributed by atoms with Crippen LogP contribution in [0.3, 0.4) is 0 Å². The molecule has 0 aliphatic carbocycles. The number of hydrogen-bond acceptors (Lipinski definition) is 5. The van der Waals surface area contributed by atoms with Gasteiger partial charge in [0.1, 0.15) is 5.58 Å². The maximum Gasteiger partial charge on any atom is 0.295 e. The van der Waals surface area contributed by atoms with Gasteiger partial charge in [-0.3, -0.25) is 14.5 Å².